The summed E-state index contributed by atoms with van der Waals surface area (Å²) in [6.45, 7) is 0. The summed E-state index contributed by atoms with van der Waals surface area (Å²) in [7, 11) is 1.47. The van der Waals surface area contributed by atoms with Crippen molar-refractivity contribution in [2.45, 2.75) is 25.7 Å². The van der Waals surface area contributed by atoms with E-state index in [9.17, 15) is 14.4 Å². The van der Waals surface area contributed by atoms with Crippen molar-refractivity contribution in [3.8, 4) is 0 Å². The number of nitrogens with zero attached hydrogens (tertiary/aromatic N) is 1. The highest BCUT2D eigenvalue weighted by Crippen LogP contribution is 2.33. The van der Waals surface area contributed by atoms with Crippen LogP contribution in [-0.4, -0.2) is 9.55 Å². The Morgan fingerprint density at radius 3 is 2.79 bits per heavy atom. The van der Waals surface area contributed by atoms with Crippen molar-refractivity contribution in [3.63, 3.8) is 0 Å². The standard InChI is InChI=1S/C13H14N2O4/c1-15-12-10(11(17)14-13(15)18)8(6-9(16)19-12)5-4-7-2-3-7/h6-7H,2-5H2,1H3,(H,14,17,18). The third-order valence-electron chi connectivity index (χ3n) is 3.60. The summed E-state index contributed by atoms with van der Waals surface area (Å²) in [6, 6.07) is 1.35. The molecule has 6 nitrogen and oxygen atoms in total. The first-order chi connectivity index (χ1) is 9.06. The molecular formula is C13H14N2O4. The minimum absolute atomic E-state index is 0.0482. The maximum Gasteiger partial charge on any atom is 0.337 e. The van der Waals surface area contributed by atoms with E-state index in [1.165, 1.54) is 26.0 Å². The average Bonchev–Trinajstić information content (AvgIpc) is 3.16. The van der Waals surface area contributed by atoms with Crippen LogP contribution in [0.4, 0.5) is 0 Å². The first-order valence-corrected chi connectivity index (χ1v) is 6.32. The number of rotatable bonds is 3. The number of H-pyrrole nitrogens is 1. The summed E-state index contributed by atoms with van der Waals surface area (Å²) in [6.07, 6.45) is 4.05. The van der Waals surface area contributed by atoms with Gasteiger partial charge in [-0.3, -0.25) is 14.3 Å². The molecule has 3 rings (SSSR count). The highest BCUT2D eigenvalue weighted by molar-refractivity contribution is 5.75. The van der Waals surface area contributed by atoms with Crippen LogP contribution in [-0.2, 0) is 13.5 Å². The third-order valence-corrected chi connectivity index (χ3v) is 3.60. The molecule has 0 unspecified atom stereocenters. The Kier molecular flexibility index (Phi) is 2.66. The van der Waals surface area contributed by atoms with Crippen LogP contribution in [0.3, 0.4) is 0 Å². The minimum Gasteiger partial charge on any atom is -0.405 e. The zero-order valence-electron chi connectivity index (χ0n) is 10.6. The van der Waals surface area contributed by atoms with E-state index in [0.717, 1.165) is 11.0 Å². The zero-order chi connectivity index (χ0) is 13.6. The Balaban J connectivity index is 2.25. The number of aromatic amines is 1. The maximum atomic E-state index is 11.9. The van der Waals surface area contributed by atoms with Crippen LogP contribution in [0.1, 0.15) is 24.8 Å². The van der Waals surface area contributed by atoms with E-state index in [4.69, 9.17) is 4.42 Å². The lowest BCUT2D eigenvalue weighted by Gasteiger charge is -2.06. The second-order valence-corrected chi connectivity index (χ2v) is 5.07. The number of hydrogen-bond donors (Lipinski definition) is 1. The molecular weight excluding hydrogens is 248 g/mol. The molecule has 0 bridgehead atoms. The van der Waals surface area contributed by atoms with Gasteiger partial charge in [0.2, 0.25) is 5.71 Å². The van der Waals surface area contributed by atoms with Crippen LogP contribution in [0.25, 0.3) is 11.1 Å². The van der Waals surface area contributed by atoms with E-state index in [-0.39, 0.29) is 5.71 Å². The third kappa shape index (κ3) is 2.14. The molecule has 0 aromatic carbocycles. The summed E-state index contributed by atoms with van der Waals surface area (Å²) in [4.78, 5) is 37.2. The van der Waals surface area contributed by atoms with Crippen molar-refractivity contribution in [1.82, 2.24) is 9.55 Å². The molecule has 2 heterocycles. The van der Waals surface area contributed by atoms with E-state index in [1.807, 2.05) is 0 Å². The normalized spacial score (nSPS) is 15.0. The molecule has 0 atom stereocenters. The first kappa shape index (κ1) is 12.0. The Bertz CT molecular complexity index is 808. The molecule has 19 heavy (non-hydrogen) atoms. The summed E-state index contributed by atoms with van der Waals surface area (Å²) in [5.41, 5.74) is -0.895. The summed E-state index contributed by atoms with van der Waals surface area (Å²) >= 11 is 0. The molecule has 1 aliphatic rings. The highest BCUT2D eigenvalue weighted by atomic mass is 16.4. The largest absolute Gasteiger partial charge is 0.405 e. The van der Waals surface area contributed by atoms with E-state index in [1.54, 1.807) is 0 Å². The molecule has 1 aliphatic carbocycles. The topological polar surface area (TPSA) is 85.1 Å². The van der Waals surface area contributed by atoms with Gasteiger partial charge in [0.25, 0.3) is 5.56 Å². The molecule has 1 fully saturated rings. The van der Waals surface area contributed by atoms with Gasteiger partial charge in [0.15, 0.2) is 0 Å². The van der Waals surface area contributed by atoms with E-state index in [2.05, 4.69) is 4.98 Å². The van der Waals surface area contributed by atoms with Gasteiger partial charge in [-0.2, -0.15) is 0 Å². The number of hydrogen-bond acceptors (Lipinski definition) is 4. The predicted octanol–water partition coefficient (Wildman–Crippen LogP) is 0.523. The van der Waals surface area contributed by atoms with E-state index in [0.29, 0.717) is 23.3 Å². The fraction of sp³-hybridized carbons (Fsp3) is 0.462. The monoisotopic (exact) mass is 262 g/mol. The quantitative estimate of drug-likeness (QED) is 0.874. The fourth-order valence-electron chi connectivity index (χ4n) is 2.31. The van der Waals surface area contributed by atoms with Crippen molar-refractivity contribution < 1.29 is 4.42 Å². The van der Waals surface area contributed by atoms with Crippen LogP contribution in [0.5, 0.6) is 0 Å². The lowest BCUT2D eigenvalue weighted by atomic mass is 10.1. The Morgan fingerprint density at radius 2 is 2.11 bits per heavy atom. The molecule has 0 saturated heterocycles. The van der Waals surface area contributed by atoms with Gasteiger partial charge in [-0.1, -0.05) is 12.8 Å². The minimum atomic E-state index is -0.583. The van der Waals surface area contributed by atoms with E-state index < -0.39 is 16.9 Å². The predicted molar refractivity (Wildman–Crippen MR) is 69.4 cm³/mol. The second-order valence-electron chi connectivity index (χ2n) is 5.07. The Hall–Kier alpha value is -2.11. The molecule has 0 radical (unpaired) electrons. The van der Waals surface area contributed by atoms with Crippen LogP contribution >= 0.6 is 0 Å². The van der Waals surface area contributed by atoms with Crippen LogP contribution in [0.2, 0.25) is 0 Å². The molecule has 2 aromatic heterocycles. The molecule has 0 amide bonds. The van der Waals surface area contributed by atoms with Crippen LogP contribution < -0.4 is 16.9 Å². The molecule has 0 spiro atoms. The van der Waals surface area contributed by atoms with Gasteiger partial charge in [0.05, 0.1) is 0 Å². The number of fused-ring (bicyclic) bond motifs is 1. The van der Waals surface area contributed by atoms with Gasteiger partial charge in [-0.05, 0) is 24.3 Å². The molecule has 6 heteroatoms. The van der Waals surface area contributed by atoms with E-state index >= 15 is 0 Å². The first-order valence-electron chi connectivity index (χ1n) is 6.32. The van der Waals surface area contributed by atoms with Gasteiger partial charge in [-0.25, -0.2) is 9.59 Å². The lowest BCUT2D eigenvalue weighted by molar-refractivity contribution is 0.522. The molecule has 2 aromatic rings. The van der Waals surface area contributed by atoms with Crippen LogP contribution in [0.15, 0.2) is 24.9 Å². The maximum absolute atomic E-state index is 11.9. The Morgan fingerprint density at radius 1 is 1.37 bits per heavy atom. The van der Waals surface area contributed by atoms with Crippen molar-refractivity contribution in [2.24, 2.45) is 13.0 Å². The van der Waals surface area contributed by atoms with Crippen molar-refractivity contribution in [1.29, 1.82) is 0 Å². The van der Waals surface area contributed by atoms with Crippen molar-refractivity contribution >= 4 is 11.1 Å². The zero-order valence-corrected chi connectivity index (χ0v) is 10.6. The number of aryl methyl sites for hydroxylation is 2. The van der Waals surface area contributed by atoms with Crippen molar-refractivity contribution in [3.05, 3.63) is 42.9 Å². The molecule has 1 N–H and O–H groups in total. The molecule has 100 valence electrons. The number of aromatic nitrogens is 2. The van der Waals surface area contributed by atoms with Crippen molar-refractivity contribution in [2.75, 3.05) is 0 Å². The van der Waals surface area contributed by atoms with Gasteiger partial charge >= 0.3 is 11.3 Å². The SMILES string of the molecule is Cn1c(=O)[nH]c(=O)c2c(CCC3CC3)cc(=O)oc21. The summed E-state index contributed by atoms with van der Waals surface area (Å²) < 4.78 is 6.16. The Labute approximate surface area is 107 Å². The second kappa shape index (κ2) is 4.22. The van der Waals surface area contributed by atoms with Gasteiger partial charge in [0, 0.05) is 13.1 Å². The smallest absolute Gasteiger partial charge is 0.337 e. The highest BCUT2D eigenvalue weighted by Gasteiger charge is 2.22. The number of nitrogens with one attached hydrogen (secondary N) is 1. The van der Waals surface area contributed by atoms with Crippen LogP contribution in [0, 0.1) is 5.92 Å². The van der Waals surface area contributed by atoms with Gasteiger partial charge in [-0.15, -0.1) is 0 Å². The fourth-order valence-corrected chi connectivity index (χ4v) is 2.31. The summed E-state index contributed by atoms with van der Waals surface area (Å²) in [5.74, 6) is 0.703. The lowest BCUT2D eigenvalue weighted by Crippen LogP contribution is -2.29. The van der Waals surface area contributed by atoms with Gasteiger partial charge in [0.1, 0.15) is 5.39 Å². The molecule has 1 saturated carbocycles. The van der Waals surface area contributed by atoms with Gasteiger partial charge < -0.3 is 4.42 Å². The molecule has 0 aliphatic heterocycles. The average molecular weight is 262 g/mol. The summed E-state index contributed by atoms with van der Waals surface area (Å²) in [5, 5.41) is 0.308.